The van der Waals surface area contributed by atoms with Crippen LogP contribution in [-0.2, 0) is 0 Å². The monoisotopic (exact) mass is 239 g/mol. The van der Waals surface area contributed by atoms with Crippen LogP contribution in [0.5, 0.6) is 11.5 Å². The van der Waals surface area contributed by atoms with Crippen molar-refractivity contribution < 1.29 is 14.8 Å². The van der Waals surface area contributed by atoms with E-state index in [0.717, 1.165) is 0 Å². The molecule has 88 valence electrons. The number of hydrogen-bond acceptors (Lipinski definition) is 4. The van der Waals surface area contributed by atoms with E-state index in [9.17, 15) is 0 Å². The molecule has 0 aromatic heterocycles. The van der Waals surface area contributed by atoms with Crippen LogP contribution in [-0.4, -0.2) is 17.2 Å². The molecule has 2 aromatic rings. The van der Waals surface area contributed by atoms with Crippen LogP contribution in [0.15, 0.2) is 48.5 Å². The normalized spacial score (nSPS) is 9.61. The fourth-order valence-electron chi connectivity index (χ4n) is 1.50. The first-order valence-electron chi connectivity index (χ1n) is 5.34. The summed E-state index contributed by atoms with van der Waals surface area (Å²) in [7, 11) is -1.59. The number of nitrogens with zero attached hydrogens (tertiary/aromatic N) is 1. The largest absolute Gasteiger partial charge is 0.488 e. The lowest BCUT2D eigenvalue weighted by Crippen LogP contribution is -2.29. The Morgan fingerprint density at radius 1 is 1.06 bits per heavy atom. The van der Waals surface area contributed by atoms with Crippen LogP contribution in [0.3, 0.4) is 0 Å². The minimum atomic E-state index is -1.59. The van der Waals surface area contributed by atoms with E-state index in [0.29, 0.717) is 11.5 Å². The standard InChI is InChI=1S/C13H10BNO3/c15-9-10-8-11(14(16)17)6-7-13(10)18-12-4-2-1-3-5-12/h1-8,16-17H. The molecule has 5 heteroatoms. The van der Waals surface area contributed by atoms with Gasteiger partial charge in [0.2, 0.25) is 0 Å². The molecule has 0 bridgehead atoms. The molecule has 0 saturated carbocycles. The van der Waals surface area contributed by atoms with Crippen LogP contribution in [0.2, 0.25) is 0 Å². The van der Waals surface area contributed by atoms with Gasteiger partial charge in [-0.3, -0.25) is 0 Å². The third-order valence-corrected chi connectivity index (χ3v) is 2.39. The molecule has 0 saturated heterocycles. The summed E-state index contributed by atoms with van der Waals surface area (Å²) in [4.78, 5) is 0. The second-order valence-electron chi connectivity index (χ2n) is 3.66. The van der Waals surface area contributed by atoms with E-state index in [-0.39, 0.29) is 11.0 Å². The molecule has 18 heavy (non-hydrogen) atoms. The number of benzene rings is 2. The first kappa shape index (κ1) is 12.2. The zero-order valence-electron chi connectivity index (χ0n) is 9.45. The first-order valence-corrected chi connectivity index (χ1v) is 5.34. The van der Waals surface area contributed by atoms with Crippen molar-refractivity contribution in [3.63, 3.8) is 0 Å². The highest BCUT2D eigenvalue weighted by Crippen LogP contribution is 2.23. The van der Waals surface area contributed by atoms with Gasteiger partial charge in [0.1, 0.15) is 17.6 Å². The summed E-state index contributed by atoms with van der Waals surface area (Å²) in [6, 6.07) is 15.5. The van der Waals surface area contributed by atoms with Crippen LogP contribution in [0.4, 0.5) is 0 Å². The van der Waals surface area contributed by atoms with Crippen LogP contribution in [0.25, 0.3) is 0 Å². The number of rotatable bonds is 3. The van der Waals surface area contributed by atoms with Crippen molar-refractivity contribution in [3.05, 3.63) is 54.1 Å². The lowest BCUT2D eigenvalue weighted by molar-refractivity contribution is 0.425. The Hall–Kier alpha value is -2.29. The molecule has 0 amide bonds. The second-order valence-corrected chi connectivity index (χ2v) is 3.66. The third kappa shape index (κ3) is 2.69. The Labute approximate surface area is 105 Å². The Kier molecular flexibility index (Phi) is 3.63. The topological polar surface area (TPSA) is 73.5 Å². The molecule has 2 rings (SSSR count). The van der Waals surface area contributed by atoms with Gasteiger partial charge >= 0.3 is 7.12 Å². The van der Waals surface area contributed by atoms with E-state index in [2.05, 4.69) is 0 Å². The van der Waals surface area contributed by atoms with E-state index in [1.807, 2.05) is 24.3 Å². The van der Waals surface area contributed by atoms with E-state index in [1.54, 1.807) is 18.2 Å². The highest BCUT2D eigenvalue weighted by atomic mass is 16.5. The van der Waals surface area contributed by atoms with Crippen molar-refractivity contribution in [2.24, 2.45) is 0 Å². The van der Waals surface area contributed by atoms with Gasteiger partial charge in [0.15, 0.2) is 0 Å². The molecule has 0 heterocycles. The molecule has 0 radical (unpaired) electrons. The summed E-state index contributed by atoms with van der Waals surface area (Å²) in [5.41, 5.74) is 0.511. The molecule has 0 aliphatic rings. The van der Waals surface area contributed by atoms with E-state index in [1.165, 1.54) is 12.1 Å². The van der Waals surface area contributed by atoms with Crippen molar-refractivity contribution >= 4 is 12.6 Å². The smallest absolute Gasteiger partial charge is 0.456 e. The summed E-state index contributed by atoms with van der Waals surface area (Å²) in [5.74, 6) is 0.999. The maximum absolute atomic E-state index is 9.03. The maximum Gasteiger partial charge on any atom is 0.488 e. The summed E-state index contributed by atoms with van der Waals surface area (Å²) in [5, 5.41) is 27.1. The molecule has 0 fully saturated rings. The predicted octanol–water partition coefficient (Wildman–Crippen LogP) is 1.03. The van der Waals surface area contributed by atoms with Crippen molar-refractivity contribution in [3.8, 4) is 17.6 Å². The highest BCUT2D eigenvalue weighted by molar-refractivity contribution is 6.58. The van der Waals surface area contributed by atoms with Gasteiger partial charge in [-0.25, -0.2) is 0 Å². The minimum absolute atomic E-state index is 0.254. The van der Waals surface area contributed by atoms with E-state index in [4.69, 9.17) is 20.0 Å². The van der Waals surface area contributed by atoms with E-state index < -0.39 is 7.12 Å². The molecule has 0 atom stereocenters. The molecule has 4 nitrogen and oxygen atoms in total. The summed E-state index contributed by atoms with van der Waals surface area (Å²) in [6.45, 7) is 0. The minimum Gasteiger partial charge on any atom is -0.456 e. The van der Waals surface area contributed by atoms with E-state index >= 15 is 0 Å². The lowest BCUT2D eigenvalue weighted by atomic mass is 9.79. The van der Waals surface area contributed by atoms with Gasteiger partial charge in [0.25, 0.3) is 0 Å². The predicted molar refractivity (Wildman–Crippen MR) is 67.5 cm³/mol. The average Bonchev–Trinajstić information content (AvgIpc) is 2.40. The summed E-state index contributed by atoms with van der Waals surface area (Å²) >= 11 is 0. The van der Waals surface area contributed by atoms with Crippen molar-refractivity contribution in [1.29, 1.82) is 5.26 Å². The fraction of sp³-hybridized carbons (Fsp3) is 0. The Morgan fingerprint density at radius 3 is 2.39 bits per heavy atom. The third-order valence-electron chi connectivity index (χ3n) is 2.39. The number of nitriles is 1. The molecule has 2 aromatic carbocycles. The number of hydrogen-bond donors (Lipinski definition) is 2. The zero-order valence-corrected chi connectivity index (χ0v) is 9.45. The maximum atomic E-state index is 9.03. The average molecular weight is 239 g/mol. The fourth-order valence-corrected chi connectivity index (χ4v) is 1.50. The molecule has 2 N–H and O–H groups in total. The lowest BCUT2D eigenvalue weighted by Gasteiger charge is -2.08. The molecular weight excluding hydrogens is 229 g/mol. The number of para-hydroxylation sites is 1. The highest BCUT2D eigenvalue weighted by Gasteiger charge is 2.14. The van der Waals surface area contributed by atoms with Crippen LogP contribution in [0.1, 0.15) is 5.56 Å². The molecule has 0 unspecified atom stereocenters. The van der Waals surface area contributed by atoms with Gasteiger partial charge in [-0.15, -0.1) is 0 Å². The quantitative estimate of drug-likeness (QED) is 0.784. The molecule has 0 aliphatic heterocycles. The van der Waals surface area contributed by atoms with Gasteiger partial charge < -0.3 is 14.8 Å². The van der Waals surface area contributed by atoms with Gasteiger partial charge in [-0.2, -0.15) is 5.26 Å². The summed E-state index contributed by atoms with van der Waals surface area (Å²) in [6.07, 6.45) is 0. The molecule has 0 aliphatic carbocycles. The second kappa shape index (κ2) is 5.36. The number of ether oxygens (including phenoxy) is 1. The SMILES string of the molecule is N#Cc1cc(B(O)O)ccc1Oc1ccccc1. The van der Waals surface area contributed by atoms with Crippen molar-refractivity contribution in [1.82, 2.24) is 0 Å². The Morgan fingerprint density at radius 2 is 1.78 bits per heavy atom. The van der Waals surface area contributed by atoms with Crippen LogP contribution >= 0.6 is 0 Å². The molecular formula is C13H10BNO3. The molecule has 0 spiro atoms. The van der Waals surface area contributed by atoms with Crippen molar-refractivity contribution in [2.45, 2.75) is 0 Å². The van der Waals surface area contributed by atoms with Gasteiger partial charge in [0.05, 0.1) is 5.56 Å². The van der Waals surface area contributed by atoms with Crippen molar-refractivity contribution in [2.75, 3.05) is 0 Å². The Balaban J connectivity index is 2.32. The van der Waals surface area contributed by atoms with Crippen LogP contribution < -0.4 is 10.2 Å². The van der Waals surface area contributed by atoms with Crippen LogP contribution in [0, 0.1) is 11.3 Å². The van der Waals surface area contributed by atoms with Gasteiger partial charge in [-0.05, 0) is 29.7 Å². The summed E-state index contributed by atoms with van der Waals surface area (Å²) < 4.78 is 5.55. The first-order chi connectivity index (χ1) is 8.70. The van der Waals surface area contributed by atoms with Gasteiger partial charge in [0, 0.05) is 0 Å². The Bertz CT molecular complexity index is 579. The van der Waals surface area contributed by atoms with Gasteiger partial charge in [-0.1, -0.05) is 24.3 Å². The zero-order chi connectivity index (χ0) is 13.0.